The number of aliphatic hydroxyl groups is 1. The van der Waals surface area contributed by atoms with E-state index in [-0.39, 0.29) is 47.7 Å². The number of ketones is 1. The molecule has 0 saturated carbocycles. The molecule has 0 aliphatic carbocycles. The molecule has 0 radical (unpaired) electrons. The van der Waals surface area contributed by atoms with Crippen molar-refractivity contribution in [1.29, 1.82) is 5.26 Å². The molecule has 11 nitrogen and oxygen atoms in total. The number of amides is 1. The summed E-state index contributed by atoms with van der Waals surface area (Å²) in [6, 6.07) is 11.1. The predicted octanol–water partition coefficient (Wildman–Crippen LogP) is 5.17. The summed E-state index contributed by atoms with van der Waals surface area (Å²) in [4.78, 5) is 36.5. The van der Waals surface area contributed by atoms with E-state index in [9.17, 15) is 20.0 Å². The first-order valence-corrected chi connectivity index (χ1v) is 15.6. The third-order valence-electron chi connectivity index (χ3n) is 9.28. The number of halogens is 1. The molecule has 2 aromatic heterocycles. The number of nitriles is 1. The molecule has 242 valence electrons. The van der Waals surface area contributed by atoms with Gasteiger partial charge in [0.05, 0.1) is 0 Å². The van der Waals surface area contributed by atoms with Crippen LogP contribution in [-0.4, -0.2) is 39.1 Å². The third kappa shape index (κ3) is 4.79. The van der Waals surface area contributed by atoms with E-state index < -0.39 is 52.6 Å². The number of carbonyl (C=O) groups excluding carboxylic acids is 2. The topological polar surface area (TPSA) is 164 Å². The first kappa shape index (κ1) is 30.6. The molecule has 12 heteroatoms. The van der Waals surface area contributed by atoms with Crippen LogP contribution >= 0.6 is 0 Å². The highest BCUT2D eigenvalue weighted by atomic mass is 19.1. The molecule has 3 aliphatic rings. The predicted molar refractivity (Wildman–Crippen MR) is 165 cm³/mol. The summed E-state index contributed by atoms with van der Waals surface area (Å²) in [5.74, 6) is -1.57. The third-order valence-corrected chi connectivity index (χ3v) is 9.28. The van der Waals surface area contributed by atoms with Crippen LogP contribution in [0.15, 0.2) is 51.5 Å². The van der Waals surface area contributed by atoms with Gasteiger partial charge in [-0.2, -0.15) is 10.2 Å². The number of Topliss-reactive ketones (excluding diaryl/α,β-unsaturated/α-hetero) is 1. The molecule has 1 unspecified atom stereocenters. The zero-order valence-corrected chi connectivity index (χ0v) is 26.6. The van der Waals surface area contributed by atoms with Gasteiger partial charge in [0, 0.05) is 29.2 Å². The molecule has 5 heterocycles. The highest BCUT2D eigenvalue weighted by Crippen LogP contribution is 2.59. The maximum absolute atomic E-state index is 15.1. The van der Waals surface area contributed by atoms with Gasteiger partial charge in [-0.25, -0.2) is 9.37 Å². The Kier molecular flexibility index (Phi) is 7.02. The molecular weight excluding hydrogens is 605 g/mol. The smallest absolute Gasteiger partial charge is 0.250 e. The summed E-state index contributed by atoms with van der Waals surface area (Å²) in [5, 5.41) is 26.6. The molecule has 2 aromatic carbocycles. The number of hydrogen-bond donors (Lipinski definition) is 3. The van der Waals surface area contributed by atoms with Crippen LogP contribution in [0.25, 0.3) is 11.6 Å². The van der Waals surface area contributed by atoms with Crippen molar-refractivity contribution >= 4 is 17.4 Å². The number of oxazole rings is 2. The molecule has 3 aliphatic heterocycles. The summed E-state index contributed by atoms with van der Waals surface area (Å²) in [6.07, 6.45) is -0.800. The van der Waals surface area contributed by atoms with Crippen molar-refractivity contribution in [3.63, 3.8) is 0 Å². The number of benzene rings is 2. The van der Waals surface area contributed by atoms with E-state index >= 15 is 4.39 Å². The fourth-order valence-electron chi connectivity index (χ4n) is 6.86. The van der Waals surface area contributed by atoms with E-state index in [4.69, 9.17) is 18.6 Å². The summed E-state index contributed by atoms with van der Waals surface area (Å²) < 4.78 is 34.1. The second kappa shape index (κ2) is 10.8. The van der Waals surface area contributed by atoms with Crippen LogP contribution < -0.4 is 15.4 Å². The standard InChI is InChI=1S/C35H34FN5O6/c1-16(2)27(43)24(42)12-18-10-17-6-9-25-22(11-17)35(21-13-19(36)7-8-23(21)39-33(35)46-25)29-26(31-38-20(14-37)15-45-31)40-32(47-29)28(34(3,4)5)41-30(18)44/h6-9,11,13,15-16,18,27-28,33,39,43H,10,12H2,1-5H3,(H,41,44)/t18-,27+,28-,33+,35?/m1/s1. The Morgan fingerprint density at radius 2 is 1.96 bits per heavy atom. The number of aromatic nitrogens is 2. The number of rotatable bonds is 5. The molecule has 0 fully saturated rings. The lowest BCUT2D eigenvalue weighted by molar-refractivity contribution is -0.135. The van der Waals surface area contributed by atoms with Crippen LogP contribution in [0.5, 0.6) is 5.75 Å². The lowest BCUT2D eigenvalue weighted by Gasteiger charge is -2.32. The maximum atomic E-state index is 15.1. The van der Waals surface area contributed by atoms with Crippen molar-refractivity contribution in [3.05, 3.63) is 82.5 Å². The van der Waals surface area contributed by atoms with Crippen molar-refractivity contribution in [2.75, 3.05) is 5.32 Å². The van der Waals surface area contributed by atoms with Crippen molar-refractivity contribution in [2.24, 2.45) is 17.3 Å². The minimum atomic E-state index is -1.30. The van der Waals surface area contributed by atoms with Crippen LogP contribution in [-0.2, 0) is 21.4 Å². The quantitative estimate of drug-likeness (QED) is 0.265. The van der Waals surface area contributed by atoms with E-state index in [0.29, 0.717) is 22.6 Å². The van der Waals surface area contributed by atoms with Crippen LogP contribution in [0, 0.1) is 34.4 Å². The molecule has 1 spiro atoms. The summed E-state index contributed by atoms with van der Waals surface area (Å²) >= 11 is 0. The fourth-order valence-corrected chi connectivity index (χ4v) is 6.86. The van der Waals surface area contributed by atoms with Crippen molar-refractivity contribution in [3.8, 4) is 23.4 Å². The summed E-state index contributed by atoms with van der Waals surface area (Å²) in [5.41, 5.74) is 0.766. The molecule has 7 rings (SSSR count). The lowest BCUT2D eigenvalue weighted by atomic mass is 9.72. The fraction of sp³-hybridized carbons (Fsp3) is 0.400. The highest BCUT2D eigenvalue weighted by Gasteiger charge is 2.61. The largest absolute Gasteiger partial charge is 0.469 e. The summed E-state index contributed by atoms with van der Waals surface area (Å²) in [7, 11) is 0. The first-order valence-electron chi connectivity index (χ1n) is 15.6. The van der Waals surface area contributed by atoms with Crippen molar-refractivity contribution < 1.29 is 32.7 Å². The number of hydrogen-bond acceptors (Lipinski definition) is 10. The minimum absolute atomic E-state index is 0.00846. The average molecular weight is 640 g/mol. The number of anilines is 1. The Bertz CT molecular complexity index is 1970. The van der Waals surface area contributed by atoms with Crippen LogP contribution in [0.4, 0.5) is 10.1 Å². The van der Waals surface area contributed by atoms with Gasteiger partial charge in [0.2, 0.25) is 17.7 Å². The van der Waals surface area contributed by atoms with Gasteiger partial charge < -0.3 is 29.3 Å². The van der Waals surface area contributed by atoms with Gasteiger partial charge >= 0.3 is 0 Å². The van der Waals surface area contributed by atoms with Gasteiger partial charge in [0.1, 0.15) is 41.5 Å². The Morgan fingerprint density at radius 3 is 2.66 bits per heavy atom. The Morgan fingerprint density at radius 1 is 1.17 bits per heavy atom. The second-order valence-corrected chi connectivity index (χ2v) is 13.9. The highest BCUT2D eigenvalue weighted by molar-refractivity contribution is 5.89. The first-order chi connectivity index (χ1) is 22.3. The normalized spacial score (nSPS) is 23.4. The molecule has 4 bridgehead atoms. The van der Waals surface area contributed by atoms with Crippen molar-refractivity contribution in [1.82, 2.24) is 15.3 Å². The minimum Gasteiger partial charge on any atom is -0.469 e. The zero-order chi connectivity index (χ0) is 33.4. The Hall–Kier alpha value is -5.02. The van der Waals surface area contributed by atoms with Gasteiger partial charge in [-0.15, -0.1) is 0 Å². The lowest BCUT2D eigenvalue weighted by Crippen LogP contribution is -2.42. The molecule has 1 amide bonds. The van der Waals surface area contributed by atoms with Gasteiger partial charge in [-0.05, 0) is 47.6 Å². The van der Waals surface area contributed by atoms with Gasteiger partial charge in [0.25, 0.3) is 0 Å². The zero-order valence-electron chi connectivity index (χ0n) is 26.6. The van der Waals surface area contributed by atoms with Crippen LogP contribution in [0.2, 0.25) is 0 Å². The van der Waals surface area contributed by atoms with Crippen molar-refractivity contribution in [2.45, 2.75) is 71.2 Å². The molecule has 4 aromatic rings. The Labute approximate surface area is 270 Å². The molecule has 0 saturated heterocycles. The second-order valence-electron chi connectivity index (χ2n) is 13.9. The van der Waals surface area contributed by atoms with Crippen LogP contribution in [0.1, 0.15) is 81.1 Å². The molecule has 3 N–H and O–H groups in total. The maximum Gasteiger partial charge on any atom is 0.250 e. The average Bonchev–Trinajstić information content (AvgIpc) is 3.79. The van der Waals surface area contributed by atoms with Gasteiger partial charge in [-0.3, -0.25) is 9.59 Å². The number of nitrogens with zero attached hydrogens (tertiary/aromatic N) is 3. The number of ether oxygens (including phenoxy) is 1. The number of fused-ring (bicyclic) bond motifs is 4. The van der Waals surface area contributed by atoms with Crippen LogP contribution in [0.3, 0.4) is 0 Å². The van der Waals surface area contributed by atoms with Gasteiger partial charge in [-0.1, -0.05) is 46.8 Å². The number of carbonyl (C=O) groups is 2. The van der Waals surface area contributed by atoms with E-state index in [1.807, 2.05) is 39.0 Å². The summed E-state index contributed by atoms with van der Waals surface area (Å²) in [6.45, 7) is 9.24. The van der Waals surface area contributed by atoms with Gasteiger partial charge in [0.15, 0.2) is 29.2 Å². The SMILES string of the molecule is CC(C)[C@H](O)C(=O)C[C@H]1Cc2ccc3c(c2)C2(c4cc(F)ccc4N[C@H]2O3)c2oc(nc2-c2nc(C#N)co2)[C@H](C(C)(C)C)NC1=O. The van der Waals surface area contributed by atoms with E-state index in [1.165, 1.54) is 18.4 Å². The monoisotopic (exact) mass is 639 g/mol. The molecule has 5 atom stereocenters. The number of aliphatic hydroxyl groups excluding tert-OH is 1. The number of nitrogens with one attached hydrogen (secondary N) is 2. The van der Waals surface area contributed by atoms with E-state index in [1.54, 1.807) is 26.0 Å². The Balaban J connectivity index is 1.51. The molecule has 47 heavy (non-hydrogen) atoms. The molecular formula is C35H34FN5O6. The van der Waals surface area contributed by atoms with E-state index in [2.05, 4.69) is 15.6 Å². The van der Waals surface area contributed by atoms with E-state index in [0.717, 1.165) is 5.56 Å².